The highest BCUT2D eigenvalue weighted by molar-refractivity contribution is 6.26. The second-order valence-electron chi connectivity index (χ2n) is 9.67. The van der Waals surface area contributed by atoms with Crippen LogP contribution in [0.4, 0.5) is 0 Å². The first-order valence-electron chi connectivity index (χ1n) is 12.8. The number of hydrogen-bond acceptors (Lipinski definition) is 0. The van der Waals surface area contributed by atoms with Gasteiger partial charge in [0, 0.05) is 0 Å². The Morgan fingerprint density at radius 2 is 0.944 bits per heavy atom. The molecule has 0 fully saturated rings. The maximum Gasteiger partial charge on any atom is -0.00928 e. The van der Waals surface area contributed by atoms with E-state index >= 15 is 0 Å². The van der Waals surface area contributed by atoms with Crippen molar-refractivity contribution in [2.75, 3.05) is 0 Å². The first kappa shape index (κ1) is 20.9. The van der Waals surface area contributed by atoms with Gasteiger partial charge in [0.25, 0.3) is 0 Å². The number of hydrogen-bond donors (Lipinski definition) is 0. The van der Waals surface area contributed by atoms with E-state index in [1.54, 1.807) is 0 Å². The Balaban J connectivity index is 1.43. The molecule has 6 aromatic carbocycles. The van der Waals surface area contributed by atoms with Crippen LogP contribution in [0.1, 0.15) is 18.4 Å². The lowest BCUT2D eigenvalue weighted by atomic mass is 9.89. The van der Waals surface area contributed by atoms with Crippen LogP contribution in [0.2, 0.25) is 0 Å². The molecule has 6 aromatic rings. The van der Waals surface area contributed by atoms with Crippen molar-refractivity contribution < 1.29 is 0 Å². The fourth-order valence-corrected chi connectivity index (χ4v) is 5.69. The van der Waals surface area contributed by atoms with Gasteiger partial charge in [0.05, 0.1) is 0 Å². The first-order chi connectivity index (χ1) is 17.8. The van der Waals surface area contributed by atoms with Crippen LogP contribution >= 0.6 is 0 Å². The van der Waals surface area contributed by atoms with Crippen molar-refractivity contribution in [2.24, 2.45) is 0 Å². The predicted octanol–water partition coefficient (Wildman–Crippen LogP) is 10.2. The van der Waals surface area contributed by atoms with Crippen molar-refractivity contribution in [2.45, 2.75) is 12.8 Å². The number of allylic oxidation sites excluding steroid dienone is 4. The molecule has 0 radical (unpaired) electrons. The van der Waals surface area contributed by atoms with E-state index in [1.807, 2.05) is 0 Å². The second kappa shape index (κ2) is 8.66. The first-order valence-corrected chi connectivity index (χ1v) is 12.8. The Hall–Kier alpha value is -4.42. The van der Waals surface area contributed by atoms with Crippen LogP contribution in [-0.2, 0) is 0 Å². The lowest BCUT2D eigenvalue weighted by Gasteiger charge is -2.14. The fraction of sp³-hybridized carbons (Fsp3) is 0.0556. The third-order valence-electron chi connectivity index (χ3n) is 7.52. The predicted molar refractivity (Wildman–Crippen MR) is 156 cm³/mol. The Kier molecular flexibility index (Phi) is 5.03. The van der Waals surface area contributed by atoms with Crippen molar-refractivity contribution in [3.8, 4) is 22.3 Å². The minimum absolute atomic E-state index is 1.11. The van der Waals surface area contributed by atoms with E-state index in [4.69, 9.17) is 0 Å². The van der Waals surface area contributed by atoms with Crippen LogP contribution in [0.15, 0.2) is 133 Å². The summed E-state index contributed by atoms with van der Waals surface area (Å²) in [5.41, 5.74) is 7.80. The van der Waals surface area contributed by atoms with E-state index in [-0.39, 0.29) is 0 Å². The minimum atomic E-state index is 1.11. The van der Waals surface area contributed by atoms with Crippen LogP contribution in [-0.4, -0.2) is 0 Å². The van der Waals surface area contributed by atoms with Gasteiger partial charge in [0.2, 0.25) is 0 Å². The molecule has 170 valence electrons. The highest BCUT2D eigenvalue weighted by Gasteiger charge is 2.12. The topological polar surface area (TPSA) is 0 Å². The molecule has 0 amide bonds. The minimum Gasteiger partial charge on any atom is -0.0842 e. The van der Waals surface area contributed by atoms with Crippen molar-refractivity contribution in [1.82, 2.24) is 0 Å². The zero-order chi connectivity index (χ0) is 23.9. The zero-order valence-corrected chi connectivity index (χ0v) is 20.1. The molecule has 1 aliphatic carbocycles. The molecular formula is C36H26. The van der Waals surface area contributed by atoms with Crippen LogP contribution < -0.4 is 0 Å². The normalized spacial score (nSPS) is 13.4. The van der Waals surface area contributed by atoms with E-state index in [0.717, 1.165) is 12.8 Å². The summed E-state index contributed by atoms with van der Waals surface area (Å²) in [5, 5.41) is 7.86. The standard InChI is InChI=1S/C36H26/c1-3-10-25(11-4-1)27-14-9-15-28(22-27)30-19-21-34-33-20-18-29(26-12-5-2-6-13-26)23-35(33)31-16-7-8-17-32(31)36(34)24-30/h1-3,5-10,12-24H,4,11H2. The van der Waals surface area contributed by atoms with Gasteiger partial charge in [-0.15, -0.1) is 0 Å². The Morgan fingerprint density at radius 1 is 0.389 bits per heavy atom. The van der Waals surface area contributed by atoms with E-state index in [9.17, 15) is 0 Å². The van der Waals surface area contributed by atoms with Gasteiger partial charge in [-0.05, 0) is 96.7 Å². The van der Waals surface area contributed by atoms with Crippen LogP contribution in [0.5, 0.6) is 0 Å². The van der Waals surface area contributed by atoms with Crippen LogP contribution in [0.25, 0.3) is 60.1 Å². The van der Waals surface area contributed by atoms with Gasteiger partial charge in [-0.1, -0.05) is 115 Å². The van der Waals surface area contributed by atoms with E-state index in [0.29, 0.717) is 0 Å². The number of rotatable bonds is 3. The summed E-state index contributed by atoms with van der Waals surface area (Å²) in [5.74, 6) is 0. The third kappa shape index (κ3) is 3.54. The number of benzene rings is 6. The number of fused-ring (bicyclic) bond motifs is 6. The molecule has 0 nitrogen and oxygen atoms in total. The van der Waals surface area contributed by atoms with Crippen LogP contribution in [0, 0.1) is 0 Å². The average molecular weight is 459 g/mol. The molecule has 0 heterocycles. The molecule has 0 bridgehead atoms. The van der Waals surface area contributed by atoms with Crippen molar-refractivity contribution in [1.29, 1.82) is 0 Å². The molecule has 0 N–H and O–H groups in total. The van der Waals surface area contributed by atoms with E-state index in [2.05, 4.69) is 133 Å². The molecule has 0 heteroatoms. The molecule has 0 atom stereocenters. The largest absolute Gasteiger partial charge is 0.0842 e. The summed E-state index contributed by atoms with van der Waals surface area (Å²) < 4.78 is 0. The smallest absolute Gasteiger partial charge is 0.00928 e. The maximum atomic E-state index is 2.39. The SMILES string of the molecule is C1=CCCC(c2cccc(-c3ccc4c5ccc(-c6ccccc6)cc5c5ccccc5c4c3)c2)=C1. The second-order valence-corrected chi connectivity index (χ2v) is 9.67. The van der Waals surface area contributed by atoms with Gasteiger partial charge in [-0.25, -0.2) is 0 Å². The summed E-state index contributed by atoms with van der Waals surface area (Å²) in [6.07, 6.45) is 8.92. The van der Waals surface area contributed by atoms with Crippen LogP contribution in [0.3, 0.4) is 0 Å². The van der Waals surface area contributed by atoms with E-state index in [1.165, 1.54) is 65.7 Å². The maximum absolute atomic E-state index is 2.39. The summed E-state index contributed by atoms with van der Waals surface area (Å²) in [6.45, 7) is 0. The van der Waals surface area contributed by atoms with Crippen molar-refractivity contribution in [3.63, 3.8) is 0 Å². The molecule has 0 saturated carbocycles. The average Bonchev–Trinajstić information content (AvgIpc) is 2.98. The molecule has 0 aromatic heterocycles. The Labute approximate surface area is 211 Å². The molecule has 0 saturated heterocycles. The third-order valence-corrected chi connectivity index (χ3v) is 7.52. The Morgan fingerprint density at radius 3 is 1.61 bits per heavy atom. The zero-order valence-electron chi connectivity index (χ0n) is 20.1. The summed E-state index contributed by atoms with van der Waals surface area (Å²) in [7, 11) is 0. The molecule has 36 heavy (non-hydrogen) atoms. The fourth-order valence-electron chi connectivity index (χ4n) is 5.69. The van der Waals surface area contributed by atoms with Crippen molar-refractivity contribution in [3.05, 3.63) is 139 Å². The summed E-state index contributed by atoms with van der Waals surface area (Å²) in [4.78, 5) is 0. The van der Waals surface area contributed by atoms with E-state index < -0.39 is 0 Å². The molecule has 0 spiro atoms. The molecular weight excluding hydrogens is 432 g/mol. The van der Waals surface area contributed by atoms with Gasteiger partial charge in [0.15, 0.2) is 0 Å². The summed E-state index contributed by atoms with van der Waals surface area (Å²) in [6, 6.07) is 42.4. The Bertz CT molecular complexity index is 1800. The van der Waals surface area contributed by atoms with Gasteiger partial charge < -0.3 is 0 Å². The van der Waals surface area contributed by atoms with Gasteiger partial charge in [0.1, 0.15) is 0 Å². The lowest BCUT2D eigenvalue weighted by Crippen LogP contribution is -1.89. The van der Waals surface area contributed by atoms with Gasteiger partial charge in [-0.3, -0.25) is 0 Å². The quantitative estimate of drug-likeness (QED) is 0.231. The monoisotopic (exact) mass is 458 g/mol. The highest BCUT2D eigenvalue weighted by atomic mass is 14.2. The molecule has 0 unspecified atom stereocenters. The van der Waals surface area contributed by atoms with Gasteiger partial charge >= 0.3 is 0 Å². The lowest BCUT2D eigenvalue weighted by molar-refractivity contribution is 1.05. The highest BCUT2D eigenvalue weighted by Crippen LogP contribution is 2.39. The summed E-state index contributed by atoms with van der Waals surface area (Å²) >= 11 is 0. The molecule has 7 rings (SSSR count). The molecule has 1 aliphatic rings. The molecule has 0 aliphatic heterocycles. The van der Waals surface area contributed by atoms with Crippen molar-refractivity contribution >= 4 is 37.9 Å². The van der Waals surface area contributed by atoms with Gasteiger partial charge in [-0.2, -0.15) is 0 Å².